The lowest BCUT2D eigenvalue weighted by atomic mass is 10.1. The molecule has 1 aliphatic carbocycles. The highest BCUT2D eigenvalue weighted by Gasteiger charge is 2.24. The first-order valence-electron chi connectivity index (χ1n) is 9.27. The van der Waals surface area contributed by atoms with E-state index in [0.717, 1.165) is 5.82 Å². The van der Waals surface area contributed by atoms with Crippen molar-refractivity contribution in [2.75, 3.05) is 31.5 Å². The second-order valence-corrected chi connectivity index (χ2v) is 6.92. The van der Waals surface area contributed by atoms with Gasteiger partial charge < -0.3 is 15.1 Å². The maximum atomic E-state index is 12.5. The maximum absolute atomic E-state index is 12.5. The van der Waals surface area contributed by atoms with Crippen LogP contribution in [0.15, 0.2) is 12.4 Å². The predicted molar refractivity (Wildman–Crippen MR) is 95.3 cm³/mol. The SMILES string of the molecule is CC(=O)N1CCN(C(=O)c2cnc(NC3CCCCCC3)cn2)CC1. The Morgan fingerprint density at radius 1 is 0.960 bits per heavy atom. The number of nitrogens with zero attached hydrogens (tertiary/aromatic N) is 4. The van der Waals surface area contributed by atoms with Crippen LogP contribution in [0, 0.1) is 0 Å². The van der Waals surface area contributed by atoms with E-state index in [9.17, 15) is 9.59 Å². The number of nitrogens with one attached hydrogen (secondary N) is 1. The van der Waals surface area contributed by atoms with Gasteiger partial charge in [-0.05, 0) is 12.8 Å². The molecule has 0 unspecified atom stereocenters. The van der Waals surface area contributed by atoms with Gasteiger partial charge in [0.15, 0.2) is 0 Å². The van der Waals surface area contributed by atoms with E-state index in [-0.39, 0.29) is 11.8 Å². The summed E-state index contributed by atoms with van der Waals surface area (Å²) in [7, 11) is 0. The molecule has 0 atom stereocenters. The van der Waals surface area contributed by atoms with Crippen LogP contribution >= 0.6 is 0 Å². The highest BCUT2D eigenvalue weighted by molar-refractivity contribution is 5.92. The molecule has 3 rings (SSSR count). The molecule has 1 aromatic heterocycles. The molecular weight excluding hydrogens is 318 g/mol. The minimum atomic E-state index is -0.114. The summed E-state index contributed by atoms with van der Waals surface area (Å²) in [5.74, 6) is 0.683. The molecule has 2 heterocycles. The molecule has 0 aromatic carbocycles. The quantitative estimate of drug-likeness (QED) is 0.847. The van der Waals surface area contributed by atoms with Gasteiger partial charge in [0.1, 0.15) is 11.5 Å². The molecule has 1 aromatic rings. The Kier molecular flexibility index (Phi) is 5.83. The number of hydrogen-bond donors (Lipinski definition) is 1. The van der Waals surface area contributed by atoms with Crippen molar-refractivity contribution in [2.24, 2.45) is 0 Å². The Morgan fingerprint density at radius 3 is 2.16 bits per heavy atom. The van der Waals surface area contributed by atoms with Crippen LogP contribution in [0.5, 0.6) is 0 Å². The van der Waals surface area contributed by atoms with Gasteiger partial charge in [0.05, 0.1) is 12.4 Å². The van der Waals surface area contributed by atoms with E-state index in [1.807, 2.05) is 0 Å². The van der Waals surface area contributed by atoms with E-state index in [1.54, 1.807) is 29.1 Å². The number of carbonyl (C=O) groups is 2. The fourth-order valence-electron chi connectivity index (χ4n) is 3.53. The van der Waals surface area contributed by atoms with Gasteiger partial charge in [0.2, 0.25) is 5.91 Å². The Bertz CT molecular complexity index is 588. The fraction of sp³-hybridized carbons (Fsp3) is 0.667. The van der Waals surface area contributed by atoms with E-state index in [2.05, 4.69) is 15.3 Å². The molecule has 7 nitrogen and oxygen atoms in total. The highest BCUT2D eigenvalue weighted by atomic mass is 16.2. The monoisotopic (exact) mass is 345 g/mol. The van der Waals surface area contributed by atoms with E-state index >= 15 is 0 Å². The van der Waals surface area contributed by atoms with Crippen molar-refractivity contribution in [3.8, 4) is 0 Å². The molecule has 2 amide bonds. The van der Waals surface area contributed by atoms with Crippen molar-refractivity contribution in [1.29, 1.82) is 0 Å². The molecule has 2 aliphatic rings. The maximum Gasteiger partial charge on any atom is 0.274 e. The molecule has 1 N–H and O–H groups in total. The van der Waals surface area contributed by atoms with E-state index in [4.69, 9.17) is 0 Å². The number of aromatic nitrogens is 2. The van der Waals surface area contributed by atoms with Gasteiger partial charge in [0, 0.05) is 39.1 Å². The number of rotatable bonds is 3. The summed E-state index contributed by atoms with van der Waals surface area (Å²) in [5, 5.41) is 3.44. The molecule has 0 bridgehead atoms. The van der Waals surface area contributed by atoms with Gasteiger partial charge in [-0.25, -0.2) is 9.97 Å². The Morgan fingerprint density at radius 2 is 1.60 bits per heavy atom. The third-order valence-electron chi connectivity index (χ3n) is 5.09. The summed E-state index contributed by atoms with van der Waals surface area (Å²) < 4.78 is 0. The molecule has 7 heteroatoms. The van der Waals surface area contributed by atoms with Gasteiger partial charge >= 0.3 is 0 Å². The summed E-state index contributed by atoms with van der Waals surface area (Å²) >= 11 is 0. The molecule has 0 radical (unpaired) electrons. The van der Waals surface area contributed by atoms with Crippen molar-refractivity contribution >= 4 is 17.6 Å². The van der Waals surface area contributed by atoms with Crippen LogP contribution in [-0.4, -0.2) is 63.8 Å². The molecule has 2 fully saturated rings. The van der Waals surface area contributed by atoms with Crippen LogP contribution in [-0.2, 0) is 4.79 Å². The normalized spacial score (nSPS) is 19.4. The van der Waals surface area contributed by atoms with E-state index in [0.29, 0.717) is 37.9 Å². The summed E-state index contributed by atoms with van der Waals surface area (Å²) in [6.07, 6.45) is 10.7. The molecule has 0 spiro atoms. The first-order valence-corrected chi connectivity index (χ1v) is 9.27. The van der Waals surface area contributed by atoms with Crippen molar-refractivity contribution < 1.29 is 9.59 Å². The van der Waals surface area contributed by atoms with Gasteiger partial charge in [-0.2, -0.15) is 0 Å². The second-order valence-electron chi connectivity index (χ2n) is 6.92. The summed E-state index contributed by atoms with van der Waals surface area (Å²) in [6, 6.07) is 0.456. The number of carbonyl (C=O) groups excluding carboxylic acids is 2. The zero-order chi connectivity index (χ0) is 17.6. The van der Waals surface area contributed by atoms with E-state index in [1.165, 1.54) is 38.5 Å². The van der Waals surface area contributed by atoms with Crippen LogP contribution in [0.1, 0.15) is 55.9 Å². The first kappa shape index (κ1) is 17.6. The van der Waals surface area contributed by atoms with Crippen molar-refractivity contribution in [3.05, 3.63) is 18.1 Å². The lowest BCUT2D eigenvalue weighted by Crippen LogP contribution is -2.50. The average Bonchev–Trinajstić information content (AvgIpc) is 2.90. The summed E-state index contributed by atoms with van der Waals surface area (Å²) in [6.45, 7) is 3.80. The molecule has 25 heavy (non-hydrogen) atoms. The van der Waals surface area contributed by atoms with Crippen LogP contribution in [0.25, 0.3) is 0 Å². The third-order valence-corrected chi connectivity index (χ3v) is 5.09. The molecule has 1 aliphatic heterocycles. The Balaban J connectivity index is 1.54. The zero-order valence-corrected chi connectivity index (χ0v) is 14.9. The van der Waals surface area contributed by atoms with Crippen LogP contribution < -0.4 is 5.32 Å². The molecule has 136 valence electrons. The zero-order valence-electron chi connectivity index (χ0n) is 14.9. The summed E-state index contributed by atoms with van der Waals surface area (Å²) in [4.78, 5) is 36.1. The lowest BCUT2D eigenvalue weighted by Gasteiger charge is -2.33. The Labute approximate surface area is 148 Å². The number of amides is 2. The molecular formula is C18H27N5O2. The van der Waals surface area contributed by atoms with Crippen molar-refractivity contribution in [2.45, 2.75) is 51.5 Å². The minimum Gasteiger partial charge on any atom is -0.366 e. The van der Waals surface area contributed by atoms with E-state index < -0.39 is 0 Å². The lowest BCUT2D eigenvalue weighted by molar-refractivity contribution is -0.130. The van der Waals surface area contributed by atoms with Crippen molar-refractivity contribution in [1.82, 2.24) is 19.8 Å². The summed E-state index contributed by atoms with van der Waals surface area (Å²) in [5.41, 5.74) is 0.364. The third kappa shape index (κ3) is 4.67. The smallest absolute Gasteiger partial charge is 0.274 e. The largest absolute Gasteiger partial charge is 0.366 e. The second kappa shape index (κ2) is 8.27. The molecule has 1 saturated carbocycles. The predicted octanol–water partition coefficient (Wildman–Crippen LogP) is 1.92. The standard InChI is InChI=1S/C18H27N5O2/c1-14(24)22-8-10-23(11-9-22)18(25)16-12-20-17(13-19-16)21-15-6-4-2-3-5-7-15/h12-13,15H,2-11H2,1H3,(H,20,21). The van der Waals surface area contributed by atoms with Gasteiger partial charge in [0.25, 0.3) is 5.91 Å². The van der Waals surface area contributed by atoms with Crippen LogP contribution in [0.4, 0.5) is 5.82 Å². The number of hydrogen-bond acceptors (Lipinski definition) is 5. The minimum absolute atomic E-state index is 0.0563. The number of anilines is 1. The fourth-order valence-corrected chi connectivity index (χ4v) is 3.53. The van der Waals surface area contributed by atoms with Gasteiger partial charge in [-0.3, -0.25) is 9.59 Å². The van der Waals surface area contributed by atoms with Crippen LogP contribution in [0.3, 0.4) is 0 Å². The van der Waals surface area contributed by atoms with Crippen molar-refractivity contribution in [3.63, 3.8) is 0 Å². The van der Waals surface area contributed by atoms with Gasteiger partial charge in [-0.1, -0.05) is 25.7 Å². The number of piperazine rings is 1. The topological polar surface area (TPSA) is 78.4 Å². The highest BCUT2D eigenvalue weighted by Crippen LogP contribution is 2.20. The molecule has 1 saturated heterocycles. The average molecular weight is 345 g/mol. The Hall–Kier alpha value is -2.18. The van der Waals surface area contributed by atoms with Gasteiger partial charge in [-0.15, -0.1) is 0 Å². The first-order chi connectivity index (χ1) is 12.1. The van der Waals surface area contributed by atoms with Crippen LogP contribution in [0.2, 0.25) is 0 Å².